The third kappa shape index (κ3) is 3.64. The summed E-state index contributed by atoms with van der Waals surface area (Å²) in [7, 11) is 0. The van der Waals surface area contributed by atoms with Crippen molar-refractivity contribution in [2.24, 2.45) is 0 Å². The molecule has 0 saturated carbocycles. The summed E-state index contributed by atoms with van der Waals surface area (Å²) in [5, 5.41) is 11.4. The van der Waals surface area contributed by atoms with Crippen molar-refractivity contribution in [1.29, 1.82) is 0 Å². The molecule has 1 amide bonds. The van der Waals surface area contributed by atoms with Crippen LogP contribution in [0.15, 0.2) is 23.3 Å². The maximum Gasteiger partial charge on any atom is 0.347 e. The highest BCUT2D eigenvalue weighted by molar-refractivity contribution is 5.75. The molecular weight excluding hydrogens is 266 g/mol. The number of carbonyl (C=O) groups excluding carboxylic acids is 1. The number of carboxylic acid groups (broad SMARTS) is 1. The molecule has 0 bridgehead atoms. The van der Waals surface area contributed by atoms with Crippen LogP contribution >= 0.6 is 0 Å². The molecule has 8 heteroatoms. The number of nitrogens with zero attached hydrogens (tertiary/aromatic N) is 2. The van der Waals surface area contributed by atoms with Gasteiger partial charge in [-0.3, -0.25) is 9.36 Å². The lowest BCUT2D eigenvalue weighted by molar-refractivity contribution is -0.149. The molecule has 108 valence electrons. The van der Waals surface area contributed by atoms with Crippen LogP contribution in [0.2, 0.25) is 0 Å². The highest BCUT2D eigenvalue weighted by atomic mass is 16.5. The topological polar surface area (TPSA) is 111 Å². The number of aromatic nitrogens is 2. The third-order valence-electron chi connectivity index (χ3n) is 3.01. The lowest BCUT2D eigenvalue weighted by Crippen LogP contribution is -2.37. The van der Waals surface area contributed by atoms with Gasteiger partial charge in [-0.15, -0.1) is 0 Å². The van der Waals surface area contributed by atoms with E-state index >= 15 is 0 Å². The lowest BCUT2D eigenvalue weighted by atomic mass is 10.2. The van der Waals surface area contributed by atoms with Crippen LogP contribution in [-0.2, 0) is 20.9 Å². The monoisotopic (exact) mass is 281 g/mol. The zero-order chi connectivity index (χ0) is 14.5. The Morgan fingerprint density at radius 2 is 2.30 bits per heavy atom. The van der Waals surface area contributed by atoms with Crippen LogP contribution in [0.25, 0.3) is 0 Å². The highest BCUT2D eigenvalue weighted by Gasteiger charge is 2.30. The van der Waals surface area contributed by atoms with Gasteiger partial charge < -0.3 is 15.2 Å². The van der Waals surface area contributed by atoms with Crippen LogP contribution in [0.4, 0.5) is 0 Å². The van der Waals surface area contributed by atoms with E-state index in [1.54, 1.807) is 6.07 Å². The fourth-order valence-electron chi connectivity index (χ4n) is 1.98. The molecule has 1 aromatic heterocycles. The molecule has 2 heterocycles. The number of nitrogens with one attached hydrogen (secondary N) is 1. The summed E-state index contributed by atoms with van der Waals surface area (Å²) in [6, 6.07) is 1.56. The van der Waals surface area contributed by atoms with Gasteiger partial charge in [0.25, 0.3) is 0 Å². The molecule has 20 heavy (non-hydrogen) atoms. The van der Waals surface area contributed by atoms with Crippen molar-refractivity contribution in [2.45, 2.75) is 31.6 Å². The predicted octanol–water partition coefficient (Wildman–Crippen LogP) is -1.01. The molecule has 2 unspecified atom stereocenters. The first kappa shape index (κ1) is 14.2. The van der Waals surface area contributed by atoms with E-state index in [4.69, 9.17) is 9.84 Å². The highest BCUT2D eigenvalue weighted by Crippen LogP contribution is 2.19. The molecule has 1 saturated heterocycles. The van der Waals surface area contributed by atoms with Gasteiger partial charge in [0, 0.05) is 18.9 Å². The molecule has 1 fully saturated rings. The van der Waals surface area contributed by atoms with Crippen LogP contribution in [0.1, 0.15) is 12.8 Å². The molecule has 8 nitrogen and oxygen atoms in total. The van der Waals surface area contributed by atoms with Crippen LogP contribution in [0, 0.1) is 0 Å². The van der Waals surface area contributed by atoms with Crippen molar-refractivity contribution in [3.05, 3.63) is 28.9 Å². The van der Waals surface area contributed by atoms with Gasteiger partial charge in [0.05, 0.1) is 6.10 Å². The Balaban J connectivity index is 1.78. The maximum absolute atomic E-state index is 11.7. The third-order valence-corrected chi connectivity index (χ3v) is 3.01. The smallest absolute Gasteiger partial charge is 0.347 e. The van der Waals surface area contributed by atoms with Crippen LogP contribution < -0.4 is 11.0 Å². The molecule has 2 rings (SSSR count). The van der Waals surface area contributed by atoms with E-state index in [9.17, 15) is 14.4 Å². The van der Waals surface area contributed by atoms with Gasteiger partial charge in [0.1, 0.15) is 6.54 Å². The van der Waals surface area contributed by atoms with Gasteiger partial charge in [0.15, 0.2) is 6.10 Å². The van der Waals surface area contributed by atoms with E-state index in [0.29, 0.717) is 12.8 Å². The summed E-state index contributed by atoms with van der Waals surface area (Å²) in [5.74, 6) is -1.33. The van der Waals surface area contributed by atoms with E-state index in [2.05, 4.69) is 10.3 Å². The van der Waals surface area contributed by atoms with E-state index in [0.717, 1.165) is 0 Å². The molecular formula is C12H15N3O5. The molecule has 0 spiro atoms. The van der Waals surface area contributed by atoms with Crippen molar-refractivity contribution in [3.63, 3.8) is 0 Å². The minimum atomic E-state index is -0.985. The molecule has 2 atom stereocenters. The van der Waals surface area contributed by atoms with Crippen LogP contribution in [-0.4, -0.2) is 45.3 Å². The summed E-state index contributed by atoms with van der Waals surface area (Å²) in [6.07, 6.45) is 2.77. The standard InChI is InChI=1S/C12H15N3O5/c16-10(7-15-5-1-4-13-12(15)19)14-6-8-2-3-9(20-8)11(17)18/h1,4-5,8-9H,2-3,6-7H2,(H,14,16)(H,17,18). The lowest BCUT2D eigenvalue weighted by Gasteiger charge is -2.12. The fraction of sp³-hybridized carbons (Fsp3) is 0.500. The van der Waals surface area contributed by atoms with Crippen molar-refractivity contribution in [1.82, 2.24) is 14.9 Å². The number of carboxylic acids is 1. The minimum Gasteiger partial charge on any atom is -0.479 e. The molecule has 0 aliphatic carbocycles. The number of carbonyl (C=O) groups is 2. The maximum atomic E-state index is 11.7. The number of aliphatic carboxylic acids is 1. The van der Waals surface area contributed by atoms with Crippen molar-refractivity contribution >= 4 is 11.9 Å². The number of rotatable bonds is 5. The second-order valence-corrected chi connectivity index (χ2v) is 4.50. The number of amides is 1. The summed E-state index contributed by atoms with van der Waals surface area (Å²) in [4.78, 5) is 37.2. The van der Waals surface area contributed by atoms with Gasteiger partial charge in [-0.05, 0) is 18.9 Å². The minimum absolute atomic E-state index is 0.123. The second-order valence-electron chi connectivity index (χ2n) is 4.50. The van der Waals surface area contributed by atoms with E-state index < -0.39 is 17.8 Å². The quantitative estimate of drug-likeness (QED) is 0.715. The van der Waals surface area contributed by atoms with E-state index in [1.807, 2.05) is 0 Å². The molecule has 0 aromatic carbocycles. The first-order valence-corrected chi connectivity index (χ1v) is 6.22. The van der Waals surface area contributed by atoms with E-state index in [1.165, 1.54) is 17.0 Å². The average Bonchev–Trinajstić information content (AvgIpc) is 2.88. The first-order chi connectivity index (χ1) is 9.56. The molecule has 1 aliphatic rings. The number of hydrogen-bond acceptors (Lipinski definition) is 5. The van der Waals surface area contributed by atoms with Gasteiger partial charge in [-0.2, -0.15) is 0 Å². The van der Waals surface area contributed by atoms with Gasteiger partial charge in [0.2, 0.25) is 5.91 Å². The van der Waals surface area contributed by atoms with Gasteiger partial charge >= 0.3 is 11.7 Å². The van der Waals surface area contributed by atoms with Crippen molar-refractivity contribution in [2.75, 3.05) is 6.54 Å². The Kier molecular flexibility index (Phi) is 4.46. The second kappa shape index (κ2) is 6.29. The average molecular weight is 281 g/mol. The van der Waals surface area contributed by atoms with Gasteiger partial charge in [-0.1, -0.05) is 0 Å². The normalized spacial score (nSPS) is 21.6. The Morgan fingerprint density at radius 3 is 2.95 bits per heavy atom. The van der Waals surface area contributed by atoms with Crippen molar-refractivity contribution < 1.29 is 19.4 Å². The number of ether oxygens (including phenoxy) is 1. The summed E-state index contributed by atoms with van der Waals surface area (Å²) >= 11 is 0. The summed E-state index contributed by atoms with van der Waals surface area (Å²) in [5.41, 5.74) is -0.495. The molecule has 1 aromatic rings. The molecule has 0 radical (unpaired) electrons. The number of hydrogen-bond donors (Lipinski definition) is 2. The Morgan fingerprint density at radius 1 is 1.50 bits per heavy atom. The SMILES string of the molecule is O=C(Cn1cccnc1=O)NCC1CCC(C(=O)O)O1. The first-order valence-electron chi connectivity index (χ1n) is 6.22. The fourth-order valence-corrected chi connectivity index (χ4v) is 1.98. The Labute approximate surface area is 114 Å². The van der Waals surface area contributed by atoms with E-state index in [-0.39, 0.29) is 25.1 Å². The van der Waals surface area contributed by atoms with Crippen LogP contribution in [0.5, 0.6) is 0 Å². The van der Waals surface area contributed by atoms with Crippen LogP contribution in [0.3, 0.4) is 0 Å². The molecule has 1 aliphatic heterocycles. The zero-order valence-electron chi connectivity index (χ0n) is 10.7. The Hall–Kier alpha value is -2.22. The largest absolute Gasteiger partial charge is 0.479 e. The summed E-state index contributed by atoms with van der Waals surface area (Å²) < 4.78 is 6.44. The Bertz CT molecular complexity index is 556. The predicted molar refractivity (Wildman–Crippen MR) is 67.0 cm³/mol. The molecule has 2 N–H and O–H groups in total. The summed E-state index contributed by atoms with van der Waals surface area (Å²) in [6.45, 7) is 0.110. The van der Waals surface area contributed by atoms with Crippen molar-refractivity contribution in [3.8, 4) is 0 Å². The zero-order valence-corrected chi connectivity index (χ0v) is 10.7. The van der Waals surface area contributed by atoms with Gasteiger partial charge in [-0.25, -0.2) is 14.6 Å².